The van der Waals surface area contributed by atoms with Crippen LogP contribution in [0.3, 0.4) is 0 Å². The molecule has 1 aliphatic heterocycles. The van der Waals surface area contributed by atoms with Crippen LogP contribution in [0.15, 0.2) is 18.2 Å². The molecular formula is C13H14Cl2N2O3. The van der Waals surface area contributed by atoms with Gasteiger partial charge in [0.1, 0.15) is 0 Å². The number of hydrogen-bond donors (Lipinski definition) is 1. The van der Waals surface area contributed by atoms with Crippen molar-refractivity contribution >= 4 is 35.1 Å². The van der Waals surface area contributed by atoms with Gasteiger partial charge in [0.25, 0.3) is 5.91 Å². The summed E-state index contributed by atoms with van der Waals surface area (Å²) >= 11 is 11.7. The first-order valence-corrected chi connectivity index (χ1v) is 6.91. The number of nitrogens with zero attached hydrogens (tertiary/aromatic N) is 2. The fraction of sp³-hybridized carbons (Fsp3) is 0.385. The van der Waals surface area contributed by atoms with Crippen LogP contribution in [0.1, 0.15) is 10.4 Å². The van der Waals surface area contributed by atoms with E-state index in [0.717, 1.165) is 0 Å². The van der Waals surface area contributed by atoms with Crippen LogP contribution in [0.5, 0.6) is 0 Å². The summed E-state index contributed by atoms with van der Waals surface area (Å²) in [6.07, 6.45) is 0. The number of halogens is 2. The smallest absolute Gasteiger partial charge is 0.317 e. The van der Waals surface area contributed by atoms with E-state index in [-0.39, 0.29) is 12.5 Å². The van der Waals surface area contributed by atoms with Gasteiger partial charge in [-0.05, 0) is 18.2 Å². The monoisotopic (exact) mass is 316 g/mol. The molecule has 0 unspecified atom stereocenters. The molecule has 0 atom stereocenters. The van der Waals surface area contributed by atoms with Crippen LogP contribution < -0.4 is 0 Å². The third-order valence-corrected chi connectivity index (χ3v) is 3.92. The van der Waals surface area contributed by atoms with Crippen molar-refractivity contribution in [2.24, 2.45) is 0 Å². The zero-order valence-electron chi connectivity index (χ0n) is 10.7. The van der Waals surface area contributed by atoms with E-state index in [2.05, 4.69) is 0 Å². The highest BCUT2D eigenvalue weighted by Crippen LogP contribution is 2.23. The molecule has 20 heavy (non-hydrogen) atoms. The molecule has 0 saturated carbocycles. The molecule has 1 amide bonds. The first-order valence-electron chi connectivity index (χ1n) is 6.16. The summed E-state index contributed by atoms with van der Waals surface area (Å²) in [6.45, 7) is 2.13. The van der Waals surface area contributed by atoms with Crippen molar-refractivity contribution in [1.82, 2.24) is 9.80 Å². The van der Waals surface area contributed by atoms with Gasteiger partial charge in [-0.15, -0.1) is 0 Å². The number of piperazine rings is 1. The first kappa shape index (κ1) is 15.1. The Labute approximate surface area is 126 Å². The normalized spacial score (nSPS) is 16.2. The number of carbonyl (C=O) groups excluding carboxylic acids is 1. The molecule has 0 aliphatic carbocycles. The molecule has 108 valence electrons. The maximum absolute atomic E-state index is 12.3. The summed E-state index contributed by atoms with van der Waals surface area (Å²) in [5, 5.41) is 9.49. The highest BCUT2D eigenvalue weighted by Gasteiger charge is 2.23. The van der Waals surface area contributed by atoms with E-state index in [0.29, 0.717) is 41.8 Å². The molecule has 5 nitrogen and oxygen atoms in total. The molecule has 1 aliphatic rings. The van der Waals surface area contributed by atoms with E-state index in [9.17, 15) is 9.59 Å². The van der Waals surface area contributed by atoms with Crippen LogP contribution in [0.25, 0.3) is 0 Å². The first-order chi connectivity index (χ1) is 9.47. The van der Waals surface area contributed by atoms with Gasteiger partial charge in [0.15, 0.2) is 0 Å². The quantitative estimate of drug-likeness (QED) is 0.924. The van der Waals surface area contributed by atoms with E-state index in [1.807, 2.05) is 0 Å². The summed E-state index contributed by atoms with van der Waals surface area (Å²) < 4.78 is 0. The van der Waals surface area contributed by atoms with E-state index >= 15 is 0 Å². The molecule has 0 bridgehead atoms. The second-order valence-electron chi connectivity index (χ2n) is 4.59. The molecule has 1 saturated heterocycles. The minimum absolute atomic E-state index is 0.00873. The number of hydrogen-bond acceptors (Lipinski definition) is 3. The maximum atomic E-state index is 12.3. The summed E-state index contributed by atoms with van der Waals surface area (Å²) in [4.78, 5) is 26.4. The van der Waals surface area contributed by atoms with Crippen LogP contribution in [-0.2, 0) is 4.79 Å². The maximum Gasteiger partial charge on any atom is 0.317 e. The van der Waals surface area contributed by atoms with Crippen LogP contribution >= 0.6 is 23.2 Å². The van der Waals surface area contributed by atoms with E-state index in [4.69, 9.17) is 28.3 Å². The van der Waals surface area contributed by atoms with Crippen molar-refractivity contribution in [3.63, 3.8) is 0 Å². The minimum Gasteiger partial charge on any atom is -0.480 e. The number of rotatable bonds is 3. The van der Waals surface area contributed by atoms with Gasteiger partial charge in [0.05, 0.1) is 16.6 Å². The molecular weight excluding hydrogens is 303 g/mol. The van der Waals surface area contributed by atoms with Gasteiger partial charge in [-0.3, -0.25) is 14.5 Å². The van der Waals surface area contributed by atoms with E-state index in [1.54, 1.807) is 28.0 Å². The second kappa shape index (κ2) is 6.43. The van der Waals surface area contributed by atoms with Crippen LogP contribution in [0.4, 0.5) is 0 Å². The summed E-state index contributed by atoms with van der Waals surface area (Å²) in [6, 6.07) is 4.79. The number of carboxylic acids is 1. The number of carbonyl (C=O) groups is 2. The van der Waals surface area contributed by atoms with Crippen molar-refractivity contribution < 1.29 is 14.7 Å². The Morgan fingerprint density at radius 3 is 2.30 bits per heavy atom. The zero-order chi connectivity index (χ0) is 14.7. The summed E-state index contributed by atoms with van der Waals surface area (Å²) in [5.41, 5.74) is 0.492. The summed E-state index contributed by atoms with van der Waals surface area (Å²) in [5.74, 6) is -0.965. The number of amides is 1. The largest absolute Gasteiger partial charge is 0.480 e. The number of aliphatic carboxylic acids is 1. The Morgan fingerprint density at radius 2 is 1.75 bits per heavy atom. The highest BCUT2D eigenvalue weighted by atomic mass is 35.5. The standard InChI is InChI=1S/C13H14Cl2N2O3/c14-10-2-1-9(7-11(10)15)13(20)17-5-3-16(4-6-17)8-12(18)19/h1-2,7H,3-6,8H2,(H,18,19). The average Bonchev–Trinajstić information content (AvgIpc) is 2.41. The molecule has 1 aromatic rings. The van der Waals surface area contributed by atoms with Gasteiger partial charge >= 0.3 is 5.97 Å². The minimum atomic E-state index is -0.853. The Balaban J connectivity index is 1.97. The molecule has 1 N–H and O–H groups in total. The lowest BCUT2D eigenvalue weighted by Gasteiger charge is -2.33. The Morgan fingerprint density at radius 1 is 1.10 bits per heavy atom. The van der Waals surface area contributed by atoms with Gasteiger partial charge in [0.2, 0.25) is 0 Å². The van der Waals surface area contributed by atoms with Crippen LogP contribution in [0, 0.1) is 0 Å². The zero-order valence-corrected chi connectivity index (χ0v) is 12.2. The van der Waals surface area contributed by atoms with E-state index in [1.165, 1.54) is 0 Å². The second-order valence-corrected chi connectivity index (χ2v) is 5.41. The number of benzene rings is 1. The predicted molar refractivity (Wildman–Crippen MR) is 76.4 cm³/mol. The van der Waals surface area contributed by atoms with Crippen molar-refractivity contribution in [2.75, 3.05) is 32.7 Å². The third kappa shape index (κ3) is 3.62. The molecule has 1 fully saturated rings. The molecule has 0 spiro atoms. The lowest BCUT2D eigenvalue weighted by atomic mass is 10.2. The average molecular weight is 317 g/mol. The highest BCUT2D eigenvalue weighted by molar-refractivity contribution is 6.42. The lowest BCUT2D eigenvalue weighted by molar-refractivity contribution is -0.138. The van der Waals surface area contributed by atoms with Gasteiger partial charge in [-0.25, -0.2) is 0 Å². The van der Waals surface area contributed by atoms with Gasteiger partial charge in [-0.2, -0.15) is 0 Å². The Bertz CT molecular complexity index is 528. The van der Waals surface area contributed by atoms with Crippen LogP contribution in [-0.4, -0.2) is 59.5 Å². The Hall–Kier alpha value is -1.30. The molecule has 0 aromatic heterocycles. The third-order valence-electron chi connectivity index (χ3n) is 3.18. The van der Waals surface area contributed by atoms with Crippen molar-refractivity contribution in [3.8, 4) is 0 Å². The fourth-order valence-electron chi connectivity index (χ4n) is 2.11. The van der Waals surface area contributed by atoms with Gasteiger partial charge in [0, 0.05) is 31.7 Å². The van der Waals surface area contributed by atoms with Crippen molar-refractivity contribution in [2.45, 2.75) is 0 Å². The fourth-order valence-corrected chi connectivity index (χ4v) is 2.41. The molecule has 2 rings (SSSR count). The topological polar surface area (TPSA) is 60.9 Å². The predicted octanol–water partition coefficient (Wildman–Crippen LogP) is 1.84. The van der Waals surface area contributed by atoms with E-state index < -0.39 is 5.97 Å². The molecule has 1 heterocycles. The van der Waals surface area contributed by atoms with Crippen molar-refractivity contribution in [1.29, 1.82) is 0 Å². The van der Waals surface area contributed by atoms with Gasteiger partial charge in [-0.1, -0.05) is 23.2 Å². The number of carboxylic acid groups (broad SMARTS) is 1. The Kier molecular flexibility index (Phi) is 4.86. The summed E-state index contributed by atoms with van der Waals surface area (Å²) in [7, 11) is 0. The molecule has 1 aromatic carbocycles. The lowest BCUT2D eigenvalue weighted by Crippen LogP contribution is -2.49. The molecule has 0 radical (unpaired) electrons. The SMILES string of the molecule is O=C(O)CN1CCN(C(=O)c2ccc(Cl)c(Cl)c2)CC1. The van der Waals surface area contributed by atoms with Crippen LogP contribution in [0.2, 0.25) is 10.0 Å². The van der Waals surface area contributed by atoms with Crippen molar-refractivity contribution in [3.05, 3.63) is 33.8 Å². The molecule has 7 heteroatoms. The van der Waals surface area contributed by atoms with Gasteiger partial charge < -0.3 is 10.0 Å².